The van der Waals surface area contributed by atoms with Crippen LogP contribution in [-0.4, -0.2) is 41.3 Å². The summed E-state index contributed by atoms with van der Waals surface area (Å²) in [6.07, 6.45) is 6.49. The van der Waals surface area contributed by atoms with Gasteiger partial charge in [0, 0.05) is 31.7 Å². The molecular weight excluding hydrogens is 315 g/mol. The summed E-state index contributed by atoms with van der Waals surface area (Å²) in [5.74, 6) is -0.355. The van der Waals surface area contributed by atoms with Crippen molar-refractivity contribution in [3.8, 4) is 0 Å². The molecule has 2 aliphatic rings. The van der Waals surface area contributed by atoms with Gasteiger partial charge in [0.1, 0.15) is 5.82 Å². The van der Waals surface area contributed by atoms with Crippen molar-refractivity contribution in [3.63, 3.8) is 0 Å². The van der Waals surface area contributed by atoms with Gasteiger partial charge in [-0.25, -0.2) is 4.39 Å². The maximum atomic E-state index is 13.4. The van der Waals surface area contributed by atoms with Crippen molar-refractivity contribution in [2.24, 2.45) is 0 Å². The minimum atomic E-state index is -0.355. The lowest BCUT2D eigenvalue weighted by Gasteiger charge is -2.41. The van der Waals surface area contributed by atoms with Gasteiger partial charge in [0.2, 0.25) is 0 Å². The third-order valence-corrected chi connectivity index (χ3v) is 5.58. The summed E-state index contributed by atoms with van der Waals surface area (Å²) in [5, 5.41) is 13.9. The monoisotopic (exact) mass is 340 g/mol. The molecule has 3 nitrogen and oxygen atoms in total. The molecule has 2 unspecified atom stereocenters. The summed E-state index contributed by atoms with van der Waals surface area (Å²) in [6.45, 7) is 2.74. The highest BCUT2D eigenvalue weighted by molar-refractivity contribution is 6.30. The Labute approximate surface area is 142 Å². The molecule has 1 aliphatic carbocycles. The summed E-state index contributed by atoms with van der Waals surface area (Å²) >= 11 is 5.71. The minimum Gasteiger partial charge on any atom is -0.391 e. The molecule has 0 spiro atoms. The first kappa shape index (κ1) is 17.2. The number of benzene rings is 1. The third kappa shape index (κ3) is 4.44. The first-order valence-corrected chi connectivity index (χ1v) is 9.10. The second-order valence-corrected chi connectivity index (χ2v) is 7.27. The number of rotatable bonds is 4. The summed E-state index contributed by atoms with van der Waals surface area (Å²) in [7, 11) is 0. The van der Waals surface area contributed by atoms with E-state index in [4.69, 9.17) is 11.6 Å². The molecule has 1 saturated carbocycles. The molecule has 5 heteroatoms. The molecule has 1 aromatic rings. The van der Waals surface area contributed by atoms with Crippen molar-refractivity contribution in [1.82, 2.24) is 10.2 Å². The standard InChI is InChI=1S/C18H26ClFN2O/c19-15-6-5-13(11-16(15)20)12-21-14-7-9-22(10-8-14)17-3-1-2-4-18(17)23/h5-6,11,14,17-18,21,23H,1-4,7-10,12H2. The largest absolute Gasteiger partial charge is 0.391 e. The molecule has 1 aliphatic heterocycles. The van der Waals surface area contributed by atoms with Crippen LogP contribution in [0.1, 0.15) is 44.1 Å². The molecule has 1 saturated heterocycles. The van der Waals surface area contributed by atoms with Crippen LogP contribution in [-0.2, 0) is 6.54 Å². The maximum absolute atomic E-state index is 13.4. The van der Waals surface area contributed by atoms with Crippen LogP contribution in [0, 0.1) is 5.82 Å². The molecular formula is C18H26ClFN2O. The number of aliphatic hydroxyl groups excluding tert-OH is 1. The molecule has 23 heavy (non-hydrogen) atoms. The van der Waals surface area contributed by atoms with E-state index in [-0.39, 0.29) is 16.9 Å². The second-order valence-electron chi connectivity index (χ2n) is 6.86. The van der Waals surface area contributed by atoms with Crippen LogP contribution >= 0.6 is 11.6 Å². The Bertz CT molecular complexity index is 520. The van der Waals surface area contributed by atoms with Gasteiger partial charge in [-0.05, 0) is 43.4 Å². The molecule has 2 atom stereocenters. The Morgan fingerprint density at radius 1 is 1.17 bits per heavy atom. The second kappa shape index (κ2) is 7.93. The molecule has 128 valence electrons. The van der Waals surface area contributed by atoms with Crippen molar-refractivity contribution in [3.05, 3.63) is 34.6 Å². The fraction of sp³-hybridized carbons (Fsp3) is 0.667. The number of nitrogens with zero attached hydrogens (tertiary/aromatic N) is 1. The molecule has 0 bridgehead atoms. The lowest BCUT2D eigenvalue weighted by atomic mass is 9.89. The van der Waals surface area contributed by atoms with Crippen LogP contribution in [0.25, 0.3) is 0 Å². The van der Waals surface area contributed by atoms with E-state index < -0.39 is 0 Å². The number of hydrogen-bond acceptors (Lipinski definition) is 3. The van der Waals surface area contributed by atoms with E-state index in [2.05, 4.69) is 10.2 Å². The van der Waals surface area contributed by atoms with Gasteiger partial charge in [0.25, 0.3) is 0 Å². The van der Waals surface area contributed by atoms with Gasteiger partial charge in [0.05, 0.1) is 11.1 Å². The summed E-state index contributed by atoms with van der Waals surface area (Å²) in [4.78, 5) is 2.46. The number of aliphatic hydroxyl groups is 1. The Hall–Kier alpha value is -0.680. The van der Waals surface area contributed by atoms with E-state index in [0.29, 0.717) is 18.6 Å². The Morgan fingerprint density at radius 3 is 2.61 bits per heavy atom. The third-order valence-electron chi connectivity index (χ3n) is 5.27. The van der Waals surface area contributed by atoms with Crippen LogP contribution < -0.4 is 5.32 Å². The van der Waals surface area contributed by atoms with Crippen molar-refractivity contribution in [1.29, 1.82) is 0 Å². The summed E-state index contributed by atoms with van der Waals surface area (Å²) in [6, 6.07) is 5.80. The van der Waals surface area contributed by atoms with E-state index in [1.54, 1.807) is 6.07 Å². The van der Waals surface area contributed by atoms with Crippen molar-refractivity contribution >= 4 is 11.6 Å². The van der Waals surface area contributed by atoms with Gasteiger partial charge in [-0.1, -0.05) is 30.5 Å². The number of piperidine rings is 1. The van der Waals surface area contributed by atoms with Gasteiger partial charge in [-0.3, -0.25) is 4.90 Å². The number of nitrogens with one attached hydrogen (secondary N) is 1. The van der Waals surface area contributed by atoms with Crippen molar-refractivity contribution in [2.75, 3.05) is 13.1 Å². The highest BCUT2D eigenvalue weighted by Gasteiger charge is 2.31. The predicted molar refractivity (Wildman–Crippen MR) is 91.1 cm³/mol. The lowest BCUT2D eigenvalue weighted by molar-refractivity contribution is 0.00714. The van der Waals surface area contributed by atoms with E-state index in [1.165, 1.54) is 12.5 Å². The van der Waals surface area contributed by atoms with Gasteiger partial charge in [-0.15, -0.1) is 0 Å². The number of likely N-dealkylation sites (tertiary alicyclic amines) is 1. The van der Waals surface area contributed by atoms with Gasteiger partial charge in [0.15, 0.2) is 0 Å². The van der Waals surface area contributed by atoms with Crippen molar-refractivity contribution in [2.45, 2.75) is 63.3 Å². The zero-order valence-electron chi connectivity index (χ0n) is 13.5. The van der Waals surface area contributed by atoms with Crippen LogP contribution in [0.4, 0.5) is 4.39 Å². The smallest absolute Gasteiger partial charge is 0.142 e. The van der Waals surface area contributed by atoms with E-state index in [0.717, 1.165) is 50.8 Å². The zero-order valence-corrected chi connectivity index (χ0v) is 14.2. The maximum Gasteiger partial charge on any atom is 0.142 e. The molecule has 2 N–H and O–H groups in total. The first-order valence-electron chi connectivity index (χ1n) is 8.73. The van der Waals surface area contributed by atoms with Gasteiger partial charge < -0.3 is 10.4 Å². The topological polar surface area (TPSA) is 35.5 Å². The fourth-order valence-electron chi connectivity index (χ4n) is 3.86. The van der Waals surface area contributed by atoms with E-state index in [1.807, 2.05) is 6.07 Å². The van der Waals surface area contributed by atoms with Gasteiger partial charge in [-0.2, -0.15) is 0 Å². The normalized spacial score (nSPS) is 27.3. The zero-order chi connectivity index (χ0) is 16.2. The highest BCUT2D eigenvalue weighted by Crippen LogP contribution is 2.26. The van der Waals surface area contributed by atoms with Crippen LogP contribution in [0.5, 0.6) is 0 Å². The Kier molecular flexibility index (Phi) is 5.91. The van der Waals surface area contributed by atoms with Crippen LogP contribution in [0.3, 0.4) is 0 Å². The summed E-state index contributed by atoms with van der Waals surface area (Å²) in [5.41, 5.74) is 0.928. The van der Waals surface area contributed by atoms with Gasteiger partial charge >= 0.3 is 0 Å². The number of hydrogen-bond donors (Lipinski definition) is 2. The first-order chi connectivity index (χ1) is 11.1. The van der Waals surface area contributed by atoms with Crippen LogP contribution in [0.2, 0.25) is 5.02 Å². The lowest BCUT2D eigenvalue weighted by Crippen LogP contribution is -2.51. The fourth-order valence-corrected chi connectivity index (χ4v) is 3.98. The highest BCUT2D eigenvalue weighted by atomic mass is 35.5. The average Bonchev–Trinajstić information content (AvgIpc) is 2.57. The molecule has 0 amide bonds. The molecule has 3 rings (SSSR count). The quantitative estimate of drug-likeness (QED) is 0.882. The van der Waals surface area contributed by atoms with E-state index in [9.17, 15) is 9.50 Å². The van der Waals surface area contributed by atoms with Crippen LogP contribution in [0.15, 0.2) is 18.2 Å². The average molecular weight is 341 g/mol. The minimum absolute atomic E-state index is 0.148. The molecule has 0 aromatic heterocycles. The number of halogens is 2. The molecule has 0 radical (unpaired) electrons. The SMILES string of the molecule is OC1CCCCC1N1CCC(NCc2ccc(Cl)c(F)c2)CC1. The van der Waals surface area contributed by atoms with E-state index >= 15 is 0 Å². The molecule has 1 heterocycles. The molecule has 2 fully saturated rings. The Balaban J connectivity index is 1.44. The molecule has 1 aromatic carbocycles. The van der Waals surface area contributed by atoms with Crippen molar-refractivity contribution < 1.29 is 9.50 Å². The Morgan fingerprint density at radius 2 is 1.91 bits per heavy atom. The predicted octanol–water partition coefficient (Wildman–Crippen LogP) is 3.34. The summed E-state index contributed by atoms with van der Waals surface area (Å²) < 4.78 is 13.4.